The highest BCUT2D eigenvalue weighted by Gasteiger charge is 2.18. The molecule has 4 nitrogen and oxygen atoms in total. The SMILES string of the molecule is COc1cccc(C(N)c2ncccn2)c1F. The average Bonchev–Trinajstić information content (AvgIpc) is 2.39. The zero-order chi connectivity index (χ0) is 12.3. The lowest BCUT2D eigenvalue weighted by Crippen LogP contribution is -2.16. The predicted molar refractivity (Wildman–Crippen MR) is 61.0 cm³/mol. The van der Waals surface area contributed by atoms with Gasteiger partial charge in [0.1, 0.15) is 5.82 Å². The van der Waals surface area contributed by atoms with Crippen molar-refractivity contribution >= 4 is 0 Å². The molecular weight excluding hydrogens is 221 g/mol. The number of halogens is 1. The van der Waals surface area contributed by atoms with E-state index >= 15 is 0 Å². The first-order valence-corrected chi connectivity index (χ1v) is 5.09. The molecule has 0 aliphatic rings. The van der Waals surface area contributed by atoms with E-state index in [4.69, 9.17) is 10.5 Å². The van der Waals surface area contributed by atoms with E-state index in [1.807, 2.05) is 0 Å². The third-order valence-corrected chi connectivity index (χ3v) is 2.41. The van der Waals surface area contributed by atoms with E-state index in [-0.39, 0.29) is 5.75 Å². The van der Waals surface area contributed by atoms with Gasteiger partial charge in [0.15, 0.2) is 11.6 Å². The molecule has 0 radical (unpaired) electrons. The Morgan fingerprint density at radius 3 is 2.59 bits per heavy atom. The molecule has 0 spiro atoms. The van der Waals surface area contributed by atoms with Crippen molar-refractivity contribution in [3.8, 4) is 5.75 Å². The second-order valence-corrected chi connectivity index (χ2v) is 3.45. The van der Waals surface area contributed by atoms with E-state index in [1.165, 1.54) is 13.2 Å². The fourth-order valence-corrected chi connectivity index (χ4v) is 1.54. The molecular formula is C12H12FN3O. The van der Waals surface area contributed by atoms with Crippen LogP contribution in [0.2, 0.25) is 0 Å². The lowest BCUT2D eigenvalue weighted by molar-refractivity contribution is 0.383. The van der Waals surface area contributed by atoms with E-state index in [1.54, 1.807) is 30.6 Å². The van der Waals surface area contributed by atoms with Gasteiger partial charge in [0.05, 0.1) is 13.2 Å². The summed E-state index contributed by atoms with van der Waals surface area (Å²) in [5.74, 6) is 0.0588. The molecule has 0 fully saturated rings. The zero-order valence-electron chi connectivity index (χ0n) is 9.30. The largest absolute Gasteiger partial charge is 0.494 e. The van der Waals surface area contributed by atoms with Gasteiger partial charge >= 0.3 is 0 Å². The standard InChI is InChI=1S/C12H12FN3O/c1-17-9-5-2-4-8(10(9)13)11(14)12-15-6-3-7-16-12/h2-7,11H,14H2,1H3. The van der Waals surface area contributed by atoms with Gasteiger partial charge < -0.3 is 10.5 Å². The topological polar surface area (TPSA) is 61.0 Å². The molecule has 0 bridgehead atoms. The van der Waals surface area contributed by atoms with Gasteiger partial charge in [0.25, 0.3) is 0 Å². The Bertz CT molecular complexity index is 504. The minimum absolute atomic E-state index is 0.161. The highest BCUT2D eigenvalue weighted by molar-refractivity contribution is 5.35. The molecule has 0 saturated carbocycles. The molecule has 5 heteroatoms. The molecule has 0 amide bonds. The van der Waals surface area contributed by atoms with Crippen LogP contribution in [-0.2, 0) is 0 Å². The van der Waals surface area contributed by atoms with Crippen molar-refractivity contribution in [1.82, 2.24) is 9.97 Å². The van der Waals surface area contributed by atoms with Crippen LogP contribution >= 0.6 is 0 Å². The van der Waals surface area contributed by atoms with Crippen LogP contribution in [0.4, 0.5) is 4.39 Å². The lowest BCUT2D eigenvalue weighted by Gasteiger charge is -2.12. The van der Waals surface area contributed by atoms with Gasteiger partial charge in [0.2, 0.25) is 0 Å². The molecule has 1 aromatic carbocycles. The Labute approximate surface area is 98.3 Å². The van der Waals surface area contributed by atoms with Crippen molar-refractivity contribution in [2.75, 3.05) is 7.11 Å². The van der Waals surface area contributed by atoms with Crippen LogP contribution in [0, 0.1) is 5.82 Å². The number of nitrogens with two attached hydrogens (primary N) is 1. The molecule has 2 rings (SSSR count). The minimum atomic E-state index is -0.702. The molecule has 2 aromatic rings. The summed E-state index contributed by atoms with van der Waals surface area (Å²) in [5.41, 5.74) is 6.24. The van der Waals surface area contributed by atoms with Crippen LogP contribution in [0.3, 0.4) is 0 Å². The van der Waals surface area contributed by atoms with E-state index < -0.39 is 11.9 Å². The van der Waals surface area contributed by atoms with Crippen LogP contribution in [0.1, 0.15) is 17.4 Å². The first-order chi connectivity index (χ1) is 8.24. The van der Waals surface area contributed by atoms with Crippen molar-refractivity contribution in [2.45, 2.75) is 6.04 Å². The number of hydrogen-bond acceptors (Lipinski definition) is 4. The summed E-state index contributed by atoms with van der Waals surface area (Å²) >= 11 is 0. The number of nitrogens with zero attached hydrogens (tertiary/aromatic N) is 2. The molecule has 1 aromatic heterocycles. The highest BCUT2D eigenvalue weighted by atomic mass is 19.1. The van der Waals surface area contributed by atoms with Crippen molar-refractivity contribution in [2.24, 2.45) is 5.73 Å². The summed E-state index contributed by atoms with van der Waals surface area (Å²) in [4.78, 5) is 8.02. The quantitative estimate of drug-likeness (QED) is 0.876. The Morgan fingerprint density at radius 2 is 1.94 bits per heavy atom. The van der Waals surface area contributed by atoms with Crippen molar-refractivity contribution < 1.29 is 9.13 Å². The molecule has 0 saturated heterocycles. The molecule has 1 heterocycles. The number of rotatable bonds is 3. The van der Waals surface area contributed by atoms with Gasteiger partial charge in [-0.3, -0.25) is 0 Å². The molecule has 88 valence electrons. The number of benzene rings is 1. The molecule has 2 N–H and O–H groups in total. The number of methoxy groups -OCH3 is 1. The van der Waals surface area contributed by atoms with Crippen molar-refractivity contribution in [3.05, 3.63) is 53.9 Å². The maximum Gasteiger partial charge on any atom is 0.170 e. The third-order valence-electron chi connectivity index (χ3n) is 2.41. The molecule has 17 heavy (non-hydrogen) atoms. The van der Waals surface area contributed by atoms with Gasteiger partial charge in [-0.2, -0.15) is 0 Å². The summed E-state index contributed by atoms with van der Waals surface area (Å²) < 4.78 is 18.8. The van der Waals surface area contributed by atoms with E-state index in [9.17, 15) is 4.39 Å². The van der Waals surface area contributed by atoms with E-state index in [0.717, 1.165) is 0 Å². The van der Waals surface area contributed by atoms with E-state index in [2.05, 4.69) is 9.97 Å². The number of hydrogen-bond donors (Lipinski definition) is 1. The van der Waals surface area contributed by atoms with Crippen LogP contribution < -0.4 is 10.5 Å². The summed E-state index contributed by atoms with van der Waals surface area (Å²) in [6.45, 7) is 0. The Morgan fingerprint density at radius 1 is 1.24 bits per heavy atom. The maximum absolute atomic E-state index is 13.9. The predicted octanol–water partition coefficient (Wildman–Crippen LogP) is 1.67. The Balaban J connectivity index is 2.41. The second-order valence-electron chi connectivity index (χ2n) is 3.45. The average molecular weight is 233 g/mol. The highest BCUT2D eigenvalue weighted by Crippen LogP contribution is 2.25. The minimum Gasteiger partial charge on any atom is -0.494 e. The molecule has 0 aliphatic heterocycles. The van der Waals surface area contributed by atoms with Gasteiger partial charge in [-0.1, -0.05) is 12.1 Å². The fourth-order valence-electron chi connectivity index (χ4n) is 1.54. The number of ether oxygens (including phenoxy) is 1. The van der Waals surface area contributed by atoms with Crippen molar-refractivity contribution in [3.63, 3.8) is 0 Å². The maximum atomic E-state index is 13.9. The molecule has 1 atom stereocenters. The molecule has 0 aliphatic carbocycles. The first-order valence-electron chi connectivity index (χ1n) is 5.09. The van der Waals surface area contributed by atoms with Gasteiger partial charge in [-0.15, -0.1) is 0 Å². The summed E-state index contributed by atoms with van der Waals surface area (Å²) in [6, 6.07) is 5.79. The van der Waals surface area contributed by atoms with Crippen molar-refractivity contribution in [1.29, 1.82) is 0 Å². The van der Waals surface area contributed by atoms with Crippen LogP contribution in [0.25, 0.3) is 0 Å². The summed E-state index contributed by atoms with van der Waals surface area (Å²) in [5, 5.41) is 0. The second kappa shape index (κ2) is 4.88. The van der Waals surface area contributed by atoms with Gasteiger partial charge in [-0.05, 0) is 12.1 Å². The Kier molecular flexibility index (Phi) is 3.30. The van der Waals surface area contributed by atoms with Crippen LogP contribution in [0.5, 0.6) is 5.75 Å². The summed E-state index contributed by atoms with van der Waals surface area (Å²) in [7, 11) is 1.41. The smallest absolute Gasteiger partial charge is 0.170 e. The van der Waals surface area contributed by atoms with Crippen LogP contribution in [0.15, 0.2) is 36.7 Å². The monoisotopic (exact) mass is 233 g/mol. The molecule has 1 unspecified atom stereocenters. The van der Waals surface area contributed by atoms with Crippen LogP contribution in [-0.4, -0.2) is 17.1 Å². The Hall–Kier alpha value is -2.01. The van der Waals surface area contributed by atoms with Gasteiger partial charge in [-0.25, -0.2) is 14.4 Å². The van der Waals surface area contributed by atoms with Gasteiger partial charge in [0, 0.05) is 18.0 Å². The lowest BCUT2D eigenvalue weighted by atomic mass is 10.1. The third kappa shape index (κ3) is 2.24. The van der Waals surface area contributed by atoms with E-state index in [0.29, 0.717) is 11.4 Å². The summed E-state index contributed by atoms with van der Waals surface area (Å²) in [6.07, 6.45) is 3.14. The normalized spacial score (nSPS) is 12.2. The number of aromatic nitrogens is 2. The zero-order valence-corrected chi connectivity index (χ0v) is 9.30. The first kappa shape index (κ1) is 11.5. The fraction of sp³-hybridized carbons (Fsp3) is 0.167.